The van der Waals surface area contributed by atoms with Crippen LogP contribution >= 0.6 is 0 Å². The summed E-state index contributed by atoms with van der Waals surface area (Å²) in [7, 11) is 1.98. The van der Waals surface area contributed by atoms with Crippen LogP contribution in [0, 0.1) is 146 Å². The van der Waals surface area contributed by atoms with Crippen molar-refractivity contribution >= 4 is 12.3 Å². The maximum Gasteiger partial charge on any atom is 0.331 e. The molecule has 17 aliphatic rings. The molecular formula is C89H101NO9. The van der Waals surface area contributed by atoms with E-state index in [1.807, 2.05) is 19.2 Å². The van der Waals surface area contributed by atoms with Crippen molar-refractivity contribution in [3.05, 3.63) is 166 Å². The Hall–Kier alpha value is -5.66. The first kappa shape index (κ1) is 63.1. The van der Waals surface area contributed by atoms with Crippen molar-refractivity contribution in [3.8, 4) is 23.7 Å². The molecule has 19 bridgehead atoms. The molecule has 0 amide bonds. The number of fused-ring (bicyclic) bond motifs is 8. The van der Waals surface area contributed by atoms with Crippen molar-refractivity contribution in [1.29, 1.82) is 0 Å². The quantitative estimate of drug-likeness (QED) is 0.0474. The maximum atomic E-state index is 16.7. The lowest BCUT2D eigenvalue weighted by atomic mass is 9.30. The highest BCUT2D eigenvalue weighted by Crippen LogP contribution is 2.84. The molecule has 11 fully saturated rings. The Morgan fingerprint density at radius 1 is 0.737 bits per heavy atom. The minimum Gasteiger partial charge on any atom is -0.454 e. The normalized spacial score (nSPS) is 49.3. The van der Waals surface area contributed by atoms with Crippen LogP contribution in [0.5, 0.6) is 0 Å². The zero-order valence-corrected chi connectivity index (χ0v) is 57.7. The van der Waals surface area contributed by atoms with Crippen molar-refractivity contribution in [2.45, 2.75) is 207 Å². The topological polar surface area (TPSA) is 166 Å². The van der Waals surface area contributed by atoms with Gasteiger partial charge >= 0.3 is 5.97 Å². The standard InChI is InChI=1S/C89H101NO9/c1-90-76-42-68-57(18-9-21-61(68)47-91)29-31-83(30-28-55(44-83)32-51-12-4-2-5-13-51)48-84-45-60-20-11-23-67-66(56-16-6-3-7-17-56)26-27-73-70(67)40-63-39-64-36-53-15-8-14-52(33-53)34-54-24-25-59(35-54)65-22-10-19-58-38-75-82(98-64)86(63,73)49-85(50-92)80(60)89(97,81(94)74(41-69(58)65)88(75,85)96)87(84,95)46-62-37-71(76)79-72(78(62)84)43-77(93)99-79/h2-10,12-19,21,33,43,50,54-55,58-60,62-67,69-71,73-76,78-82,90-91,94-97H,22-28,30,32,34-42,44-49H2,1H3. The second-order valence-electron chi connectivity index (χ2n) is 36.3. The molecule has 516 valence electrons. The summed E-state index contributed by atoms with van der Waals surface area (Å²) in [5.74, 6) is 13.7. The van der Waals surface area contributed by atoms with Crippen molar-refractivity contribution in [1.82, 2.24) is 5.32 Å². The Morgan fingerprint density at radius 3 is 2.39 bits per heavy atom. The zero-order chi connectivity index (χ0) is 66.7. The number of nitrogens with one attached hydrogen (secondary N) is 1. The van der Waals surface area contributed by atoms with E-state index in [-0.39, 0.29) is 96.7 Å². The maximum absolute atomic E-state index is 16.7. The molecule has 10 nitrogen and oxygen atoms in total. The monoisotopic (exact) mass is 1330 g/mol. The number of benzene rings is 4. The number of aldehydes is 1. The van der Waals surface area contributed by atoms with Gasteiger partial charge in [0.1, 0.15) is 23.6 Å². The number of aliphatic hydroxyl groups excluding tert-OH is 2. The lowest BCUT2D eigenvalue weighted by Crippen LogP contribution is -2.88. The molecule has 6 N–H and O–H groups in total. The Morgan fingerprint density at radius 2 is 1.57 bits per heavy atom. The highest BCUT2D eigenvalue weighted by molar-refractivity contribution is 5.86. The fourth-order valence-electron chi connectivity index (χ4n) is 29.9. The first-order valence-electron chi connectivity index (χ1n) is 39.3. The third-order valence-corrected chi connectivity index (χ3v) is 32.9. The molecular weight excluding hydrogens is 1230 g/mol. The second kappa shape index (κ2) is 22.7. The molecule has 10 heteroatoms. The number of likely N-dealkylation sites (N-methyl/N-ethyl adjacent to an activating group) is 1. The van der Waals surface area contributed by atoms with Gasteiger partial charge in [0.15, 0.2) is 0 Å². The van der Waals surface area contributed by atoms with Gasteiger partial charge < -0.3 is 45.1 Å². The van der Waals surface area contributed by atoms with Gasteiger partial charge in [-0.3, -0.25) is 0 Å². The fourth-order valence-corrected chi connectivity index (χ4v) is 29.9. The van der Waals surface area contributed by atoms with Crippen LogP contribution in [-0.2, 0) is 51.4 Å². The summed E-state index contributed by atoms with van der Waals surface area (Å²) in [5.41, 5.74) is -1.81. The second-order valence-corrected chi connectivity index (χ2v) is 36.3. The SMILES string of the molecule is CNC1Cc2c(cccc2CO)C#CC2(CCC(Cc3ccccc3)C2)CC23CC4C#CCC5C(c6ccccc6)CCC6C5CC5CC7Cc8cccc(c8)CC8CCC(C8)C8CC=CC9CC%10C(O7)C56CC5(C=O)C4C(O)(C(O)C(CC98)C%105O)C2(O)CC2CC1C1OC(=O)C=C1C23. The molecule has 3 aliphatic heterocycles. The van der Waals surface area contributed by atoms with Crippen LogP contribution in [0.25, 0.3) is 0 Å². The van der Waals surface area contributed by atoms with Gasteiger partial charge in [-0.1, -0.05) is 127 Å². The number of carbonyl (C=O) groups excluding carboxylic acids is 2. The molecule has 30 unspecified atom stereocenters. The van der Waals surface area contributed by atoms with Crippen molar-refractivity contribution in [2.75, 3.05) is 7.05 Å². The minimum atomic E-state index is -2.40. The van der Waals surface area contributed by atoms with Crippen LogP contribution in [0.4, 0.5) is 0 Å². The summed E-state index contributed by atoms with van der Waals surface area (Å²) in [6.07, 6.45) is 21.9. The number of esters is 1. The number of ether oxygens (including phenoxy) is 2. The van der Waals surface area contributed by atoms with Crippen LogP contribution in [0.2, 0.25) is 0 Å². The van der Waals surface area contributed by atoms with E-state index in [9.17, 15) is 9.90 Å². The van der Waals surface area contributed by atoms with E-state index in [1.165, 1.54) is 28.5 Å². The van der Waals surface area contributed by atoms with Crippen LogP contribution in [0.15, 0.2) is 127 Å². The van der Waals surface area contributed by atoms with E-state index in [0.717, 1.165) is 112 Å². The average Bonchev–Trinajstić information content (AvgIpc) is 1.60. The van der Waals surface area contributed by atoms with Crippen molar-refractivity contribution in [3.63, 3.8) is 0 Å². The Bertz CT molecular complexity index is 4130. The lowest BCUT2D eigenvalue weighted by molar-refractivity contribution is -0.400. The molecule has 0 radical (unpaired) electrons. The van der Waals surface area contributed by atoms with Gasteiger partial charge in [0, 0.05) is 69.9 Å². The fraction of sp³-hybridized carbons (Fsp3) is 0.618. The summed E-state index contributed by atoms with van der Waals surface area (Å²) < 4.78 is 15.0. The Balaban J connectivity index is 0.849. The lowest BCUT2D eigenvalue weighted by Gasteiger charge is -2.77. The van der Waals surface area contributed by atoms with Gasteiger partial charge in [-0.25, -0.2) is 4.79 Å². The molecule has 30 atom stereocenters. The number of carbonyl (C=O) groups is 2. The largest absolute Gasteiger partial charge is 0.454 e. The van der Waals surface area contributed by atoms with Gasteiger partial charge in [0.05, 0.1) is 35.9 Å². The van der Waals surface area contributed by atoms with Crippen LogP contribution < -0.4 is 5.32 Å². The molecule has 14 aliphatic carbocycles. The minimum absolute atomic E-state index is 0.0377. The zero-order valence-electron chi connectivity index (χ0n) is 57.7. The molecule has 99 heavy (non-hydrogen) atoms. The number of hydrogen-bond donors (Lipinski definition) is 6. The predicted molar refractivity (Wildman–Crippen MR) is 376 cm³/mol. The van der Waals surface area contributed by atoms with E-state index >= 15 is 25.2 Å². The van der Waals surface area contributed by atoms with Crippen LogP contribution in [-0.4, -0.2) is 92.1 Å². The highest BCUT2D eigenvalue weighted by atomic mass is 16.5. The molecule has 10 saturated carbocycles. The van der Waals surface area contributed by atoms with Gasteiger partial charge in [0.2, 0.25) is 0 Å². The van der Waals surface area contributed by atoms with Crippen LogP contribution in [0.3, 0.4) is 0 Å². The first-order valence-corrected chi connectivity index (χ1v) is 39.3. The van der Waals surface area contributed by atoms with Gasteiger partial charge in [0.25, 0.3) is 0 Å². The molecule has 3 heterocycles. The van der Waals surface area contributed by atoms with E-state index < -0.39 is 92.3 Å². The predicted octanol–water partition coefficient (Wildman–Crippen LogP) is 12.4. The number of hydrogen-bond acceptors (Lipinski definition) is 10. The summed E-state index contributed by atoms with van der Waals surface area (Å²) in [6.45, 7) is -0.149. The smallest absolute Gasteiger partial charge is 0.331 e. The van der Waals surface area contributed by atoms with Crippen molar-refractivity contribution in [2.24, 2.45) is 122 Å². The molecule has 4 aromatic rings. The van der Waals surface area contributed by atoms with E-state index in [1.54, 1.807) is 6.08 Å². The molecule has 1 saturated heterocycles. The number of rotatable bonds is 6. The third kappa shape index (κ3) is 8.64. The molecule has 4 aromatic carbocycles. The molecule has 3 spiro atoms. The van der Waals surface area contributed by atoms with Gasteiger partial charge in [-0.2, -0.15) is 0 Å². The van der Waals surface area contributed by atoms with Crippen LogP contribution in [0.1, 0.15) is 167 Å². The average molecular weight is 1330 g/mol. The van der Waals surface area contributed by atoms with Gasteiger partial charge in [-0.05, 0) is 270 Å². The summed E-state index contributed by atoms with van der Waals surface area (Å²) in [5, 5.41) is 78.6. The Labute approximate surface area is 585 Å². The number of allylic oxidation sites excluding steroid dienone is 2. The Kier molecular flexibility index (Phi) is 14.4. The first-order chi connectivity index (χ1) is 48.1. The molecule has 0 aromatic heterocycles. The highest BCUT2D eigenvalue weighted by Gasteiger charge is 2.90. The van der Waals surface area contributed by atoms with E-state index in [4.69, 9.17) is 9.47 Å². The molecule has 21 rings (SSSR count). The summed E-state index contributed by atoms with van der Waals surface area (Å²) >= 11 is 0. The summed E-state index contributed by atoms with van der Waals surface area (Å²) in [6, 6.07) is 37.2. The van der Waals surface area contributed by atoms with E-state index in [0.29, 0.717) is 56.8 Å². The third-order valence-electron chi connectivity index (χ3n) is 32.9. The van der Waals surface area contributed by atoms with Gasteiger partial charge in [-0.15, -0.1) is 5.92 Å². The number of aliphatic hydroxyl groups is 5. The summed E-state index contributed by atoms with van der Waals surface area (Å²) in [4.78, 5) is 31.4. The van der Waals surface area contributed by atoms with E-state index in [2.05, 4.69) is 132 Å². The van der Waals surface area contributed by atoms with Crippen molar-refractivity contribution < 1.29 is 44.6 Å².